The van der Waals surface area contributed by atoms with Crippen molar-refractivity contribution in [3.05, 3.63) is 29.8 Å². The number of amides is 3. The van der Waals surface area contributed by atoms with Crippen LogP contribution in [0.2, 0.25) is 0 Å². The van der Waals surface area contributed by atoms with E-state index in [1.807, 2.05) is 6.26 Å². The Morgan fingerprint density at radius 2 is 1.56 bits per heavy atom. The number of nitrogens with one attached hydrogen (secondary N) is 3. The third-order valence-electron chi connectivity index (χ3n) is 4.52. The lowest BCUT2D eigenvalue weighted by Gasteiger charge is -2.24. The van der Waals surface area contributed by atoms with E-state index in [4.69, 9.17) is 10.8 Å². The average molecular weight is 471 g/mol. The Morgan fingerprint density at radius 1 is 1.00 bits per heavy atom. The fourth-order valence-corrected chi connectivity index (χ4v) is 3.06. The van der Waals surface area contributed by atoms with E-state index in [-0.39, 0.29) is 12.2 Å². The van der Waals surface area contributed by atoms with Gasteiger partial charge in [0.2, 0.25) is 17.7 Å². The number of carboxylic acids is 1. The van der Waals surface area contributed by atoms with Crippen LogP contribution in [0, 0.1) is 0 Å². The third-order valence-corrected chi connectivity index (χ3v) is 5.17. The van der Waals surface area contributed by atoms with Gasteiger partial charge in [-0.3, -0.25) is 19.2 Å². The number of aromatic hydroxyl groups is 1. The van der Waals surface area contributed by atoms with Crippen molar-refractivity contribution in [2.45, 2.75) is 43.9 Å². The molecule has 0 spiro atoms. The summed E-state index contributed by atoms with van der Waals surface area (Å²) >= 11 is 1.52. The number of phenolic OH excluding ortho intramolecular Hbond substituents is 1. The van der Waals surface area contributed by atoms with E-state index in [1.54, 1.807) is 12.1 Å². The largest absolute Gasteiger partial charge is 0.508 e. The second kappa shape index (κ2) is 13.6. The highest BCUT2D eigenvalue weighted by atomic mass is 32.2. The van der Waals surface area contributed by atoms with Gasteiger partial charge in [0.1, 0.15) is 23.9 Å². The number of hydrogen-bond acceptors (Lipinski definition) is 8. The summed E-state index contributed by atoms with van der Waals surface area (Å²) in [5.41, 5.74) is 6.49. The quantitative estimate of drug-likeness (QED) is 0.181. The van der Waals surface area contributed by atoms with Gasteiger partial charge >= 0.3 is 5.97 Å². The summed E-state index contributed by atoms with van der Waals surface area (Å²) in [7, 11) is 0. The molecule has 3 amide bonds. The van der Waals surface area contributed by atoms with Gasteiger partial charge in [-0.1, -0.05) is 12.1 Å². The zero-order valence-electron chi connectivity index (χ0n) is 17.9. The van der Waals surface area contributed by atoms with Gasteiger partial charge in [-0.2, -0.15) is 11.8 Å². The van der Waals surface area contributed by atoms with Crippen molar-refractivity contribution in [1.82, 2.24) is 16.0 Å². The number of carbonyl (C=O) groups excluding carboxylic acids is 3. The van der Waals surface area contributed by atoms with Gasteiger partial charge in [-0.05, 0) is 43.0 Å². The van der Waals surface area contributed by atoms with Crippen LogP contribution in [-0.2, 0) is 25.6 Å². The summed E-state index contributed by atoms with van der Waals surface area (Å²) in [5.74, 6) is -2.80. The van der Waals surface area contributed by atoms with E-state index in [1.165, 1.54) is 30.8 Å². The van der Waals surface area contributed by atoms with Crippen LogP contribution in [0.15, 0.2) is 24.3 Å². The molecule has 0 aliphatic heterocycles. The van der Waals surface area contributed by atoms with Crippen molar-refractivity contribution in [1.29, 1.82) is 0 Å². The maximum atomic E-state index is 12.9. The normalized spacial score (nSPS) is 14.5. The van der Waals surface area contributed by atoms with Gasteiger partial charge in [0.05, 0.1) is 12.6 Å². The monoisotopic (exact) mass is 470 g/mol. The van der Waals surface area contributed by atoms with Gasteiger partial charge in [0.15, 0.2) is 0 Å². The number of thioether (sulfide) groups is 1. The van der Waals surface area contributed by atoms with Crippen molar-refractivity contribution in [3.63, 3.8) is 0 Å². The number of phenols is 1. The molecule has 1 aromatic rings. The lowest BCUT2D eigenvalue weighted by molar-refractivity contribution is -0.142. The molecule has 1 aromatic carbocycles. The van der Waals surface area contributed by atoms with Crippen LogP contribution in [0.4, 0.5) is 0 Å². The Hall–Kier alpha value is -2.83. The second-order valence-corrected chi connectivity index (χ2v) is 8.12. The lowest BCUT2D eigenvalue weighted by Crippen LogP contribution is -2.58. The molecule has 0 heterocycles. The minimum atomic E-state index is -1.42. The zero-order chi connectivity index (χ0) is 24.3. The fourth-order valence-electron chi connectivity index (χ4n) is 2.57. The van der Waals surface area contributed by atoms with E-state index in [2.05, 4.69) is 16.0 Å². The van der Waals surface area contributed by atoms with E-state index in [0.717, 1.165) is 0 Å². The van der Waals surface area contributed by atoms with Crippen molar-refractivity contribution >= 4 is 35.5 Å². The molecule has 0 aliphatic rings. The van der Waals surface area contributed by atoms with Gasteiger partial charge in [-0.15, -0.1) is 0 Å². The summed E-state index contributed by atoms with van der Waals surface area (Å²) in [6.07, 6.45) is 2.30. The highest BCUT2D eigenvalue weighted by molar-refractivity contribution is 7.98. The van der Waals surface area contributed by atoms with Crippen LogP contribution in [0.3, 0.4) is 0 Å². The lowest BCUT2D eigenvalue weighted by atomic mass is 10.0. The first kappa shape index (κ1) is 27.2. The summed E-state index contributed by atoms with van der Waals surface area (Å²) in [6.45, 7) is 0.456. The summed E-state index contributed by atoms with van der Waals surface area (Å²) in [5, 5.41) is 34.9. The minimum Gasteiger partial charge on any atom is -0.508 e. The second-order valence-electron chi connectivity index (χ2n) is 7.13. The molecule has 32 heavy (non-hydrogen) atoms. The Labute approximate surface area is 190 Å². The average Bonchev–Trinajstić information content (AvgIpc) is 2.76. The van der Waals surface area contributed by atoms with E-state index >= 15 is 0 Å². The molecule has 0 saturated carbocycles. The molecular weight excluding hydrogens is 440 g/mol. The number of carboxylic acid groups (broad SMARTS) is 1. The number of aliphatic carboxylic acids is 1. The Morgan fingerprint density at radius 3 is 2.09 bits per heavy atom. The van der Waals surface area contributed by atoms with Crippen LogP contribution < -0.4 is 21.7 Å². The highest BCUT2D eigenvalue weighted by Crippen LogP contribution is 2.12. The number of rotatable bonds is 13. The molecule has 8 N–H and O–H groups in total. The number of benzene rings is 1. The summed E-state index contributed by atoms with van der Waals surface area (Å²) < 4.78 is 0. The van der Waals surface area contributed by atoms with Crippen molar-refractivity contribution in [3.8, 4) is 5.75 Å². The van der Waals surface area contributed by atoms with Gasteiger partial charge in [-0.25, -0.2) is 0 Å². The molecule has 178 valence electrons. The molecule has 0 fully saturated rings. The molecule has 1 rings (SSSR count). The standard InChI is InChI=1S/C20H30N4O7S/c1-11(20(30)31)22-19(29)16(10-25)24-18(28)15(9-12-3-5-13(26)6-4-12)23-17(27)14(21)7-8-32-2/h3-6,11,14-16,25-26H,7-10,21H2,1-2H3,(H,22,29)(H,23,27)(H,24,28)(H,30,31). The Balaban J connectivity index is 2.96. The molecule has 12 heteroatoms. The topological polar surface area (TPSA) is 191 Å². The predicted molar refractivity (Wildman–Crippen MR) is 119 cm³/mol. The van der Waals surface area contributed by atoms with E-state index in [0.29, 0.717) is 17.7 Å². The van der Waals surface area contributed by atoms with Crippen LogP contribution in [-0.4, -0.2) is 81.8 Å². The van der Waals surface area contributed by atoms with E-state index < -0.39 is 54.5 Å². The molecule has 0 radical (unpaired) electrons. The maximum absolute atomic E-state index is 12.9. The highest BCUT2D eigenvalue weighted by Gasteiger charge is 2.29. The van der Waals surface area contributed by atoms with Crippen molar-refractivity contribution in [2.75, 3.05) is 18.6 Å². The van der Waals surface area contributed by atoms with Crippen molar-refractivity contribution < 1.29 is 34.5 Å². The SMILES string of the molecule is CSCCC(N)C(=O)NC(Cc1ccc(O)cc1)C(=O)NC(CO)C(=O)NC(C)C(=O)O. The molecule has 0 aromatic heterocycles. The number of aliphatic hydroxyl groups excluding tert-OH is 1. The first-order chi connectivity index (χ1) is 15.1. The van der Waals surface area contributed by atoms with Gasteiger partial charge in [0, 0.05) is 6.42 Å². The predicted octanol–water partition coefficient (Wildman–Crippen LogP) is -1.43. The first-order valence-electron chi connectivity index (χ1n) is 9.86. The molecular formula is C20H30N4O7S. The molecule has 0 bridgehead atoms. The first-order valence-corrected chi connectivity index (χ1v) is 11.3. The van der Waals surface area contributed by atoms with Crippen LogP contribution in [0.5, 0.6) is 5.75 Å². The summed E-state index contributed by atoms with van der Waals surface area (Å²) in [4.78, 5) is 48.4. The number of hydrogen-bond donors (Lipinski definition) is 7. The Kier molecular flexibility index (Phi) is 11.5. The molecule has 4 unspecified atom stereocenters. The third kappa shape index (κ3) is 9.12. The van der Waals surface area contributed by atoms with Crippen molar-refractivity contribution in [2.24, 2.45) is 5.73 Å². The van der Waals surface area contributed by atoms with Gasteiger partial charge < -0.3 is 37.0 Å². The van der Waals surface area contributed by atoms with E-state index in [9.17, 15) is 29.4 Å². The van der Waals surface area contributed by atoms with Gasteiger partial charge in [0.25, 0.3) is 0 Å². The molecule has 4 atom stereocenters. The number of nitrogens with two attached hydrogens (primary N) is 1. The molecule has 11 nitrogen and oxygen atoms in total. The minimum absolute atomic E-state index is 0.0262. The molecule has 0 saturated heterocycles. The zero-order valence-corrected chi connectivity index (χ0v) is 18.7. The number of aliphatic hydroxyl groups is 1. The van der Waals surface area contributed by atoms with Crippen LogP contribution in [0.25, 0.3) is 0 Å². The fraction of sp³-hybridized carbons (Fsp3) is 0.500. The summed E-state index contributed by atoms with van der Waals surface area (Å²) in [6, 6.07) is 1.36. The Bertz CT molecular complexity index is 791. The van der Waals surface area contributed by atoms with Crippen LogP contribution >= 0.6 is 11.8 Å². The van der Waals surface area contributed by atoms with Crippen LogP contribution in [0.1, 0.15) is 18.9 Å². The molecule has 0 aliphatic carbocycles. The maximum Gasteiger partial charge on any atom is 0.325 e. The smallest absolute Gasteiger partial charge is 0.325 e. The number of carbonyl (C=O) groups is 4.